The number of hydrogen-bond donors (Lipinski definition) is 2. The van der Waals surface area contributed by atoms with Crippen LogP contribution in [0.3, 0.4) is 0 Å². The van der Waals surface area contributed by atoms with Gasteiger partial charge in [0.15, 0.2) is 0 Å². The summed E-state index contributed by atoms with van der Waals surface area (Å²) in [6.45, 7) is 2.88. The third-order valence-corrected chi connectivity index (χ3v) is 7.07. The quantitative estimate of drug-likeness (QED) is 0.720. The number of carbonyl (C=O) groups excluding carboxylic acids is 2. The summed E-state index contributed by atoms with van der Waals surface area (Å²) in [5.74, 6) is -0.606. The third kappa shape index (κ3) is 4.53. The van der Waals surface area contributed by atoms with Gasteiger partial charge in [-0.3, -0.25) is 9.59 Å². The number of anilines is 1. The molecule has 2 aliphatic heterocycles. The van der Waals surface area contributed by atoms with Crippen LogP contribution in [0.1, 0.15) is 32.6 Å². The third-order valence-electron chi connectivity index (χ3n) is 5.19. The van der Waals surface area contributed by atoms with E-state index >= 15 is 0 Å². The summed E-state index contributed by atoms with van der Waals surface area (Å²) in [6, 6.07) is 6.36. The van der Waals surface area contributed by atoms with Crippen molar-refractivity contribution < 1.29 is 23.1 Å². The first kappa shape index (κ1) is 20.8. The molecule has 28 heavy (non-hydrogen) atoms. The highest BCUT2D eigenvalue weighted by Gasteiger charge is 2.33. The lowest BCUT2D eigenvalue weighted by molar-refractivity contribution is -0.126. The second kappa shape index (κ2) is 8.59. The fourth-order valence-corrected chi connectivity index (χ4v) is 5.16. The van der Waals surface area contributed by atoms with Gasteiger partial charge in [0.1, 0.15) is 0 Å². The summed E-state index contributed by atoms with van der Waals surface area (Å²) in [5, 5.41) is 12.0. The first-order chi connectivity index (χ1) is 13.3. The molecule has 1 aromatic carbocycles. The van der Waals surface area contributed by atoms with Crippen LogP contribution in [0.4, 0.5) is 5.69 Å². The molecule has 2 amide bonds. The van der Waals surface area contributed by atoms with E-state index in [0.717, 1.165) is 6.42 Å². The highest BCUT2D eigenvalue weighted by molar-refractivity contribution is 7.89. The van der Waals surface area contributed by atoms with Gasteiger partial charge < -0.3 is 15.3 Å². The predicted octanol–water partition coefficient (Wildman–Crippen LogP) is 0.711. The summed E-state index contributed by atoms with van der Waals surface area (Å²) in [7, 11) is -3.71. The Morgan fingerprint density at radius 2 is 1.96 bits per heavy atom. The molecule has 2 fully saturated rings. The van der Waals surface area contributed by atoms with Crippen molar-refractivity contribution in [2.45, 2.75) is 43.6 Å². The maximum atomic E-state index is 13.0. The molecule has 0 saturated carbocycles. The molecule has 2 saturated heterocycles. The molecule has 0 spiro atoms. The zero-order chi connectivity index (χ0) is 20.3. The van der Waals surface area contributed by atoms with Crippen molar-refractivity contribution >= 4 is 27.5 Å². The Balaban J connectivity index is 1.69. The second-order valence-electron chi connectivity index (χ2n) is 7.44. The number of piperidine rings is 1. The number of sulfonamides is 1. The van der Waals surface area contributed by atoms with E-state index in [1.807, 2.05) is 0 Å². The molecule has 1 aromatic rings. The number of amides is 2. The molecule has 154 valence electrons. The molecular weight excluding hydrogens is 382 g/mol. The molecule has 0 aliphatic carbocycles. The molecule has 0 unspecified atom stereocenters. The van der Waals surface area contributed by atoms with Crippen molar-refractivity contribution in [3.63, 3.8) is 0 Å². The van der Waals surface area contributed by atoms with Crippen LogP contribution in [0.2, 0.25) is 0 Å². The maximum Gasteiger partial charge on any atom is 0.243 e. The standard InChI is InChI=1S/C19H27N3O5S/c1-14(23)12-20-19(25)15-4-2-10-21(13-15)28(26,27)17-8-6-16(7-9-17)22-11-3-5-18(22)24/h6-9,14-15,23H,2-5,10-13H2,1H3,(H,20,25)/t14-,15+/m1/s1. The molecule has 8 nitrogen and oxygen atoms in total. The second-order valence-corrected chi connectivity index (χ2v) is 9.38. The predicted molar refractivity (Wildman–Crippen MR) is 104 cm³/mol. The van der Waals surface area contributed by atoms with Crippen LogP contribution >= 0.6 is 0 Å². The van der Waals surface area contributed by atoms with Crippen LogP contribution in [0.5, 0.6) is 0 Å². The summed E-state index contributed by atoms with van der Waals surface area (Å²) in [4.78, 5) is 25.9. The molecule has 3 rings (SSSR count). The normalized spacial score (nSPS) is 22.3. The van der Waals surface area contributed by atoms with Crippen molar-refractivity contribution in [2.75, 3.05) is 31.1 Å². The minimum atomic E-state index is -3.71. The minimum Gasteiger partial charge on any atom is -0.392 e. The van der Waals surface area contributed by atoms with E-state index in [0.29, 0.717) is 38.0 Å². The van der Waals surface area contributed by atoms with E-state index in [1.54, 1.807) is 24.0 Å². The van der Waals surface area contributed by atoms with E-state index in [1.165, 1.54) is 16.4 Å². The van der Waals surface area contributed by atoms with Crippen molar-refractivity contribution in [1.29, 1.82) is 0 Å². The minimum absolute atomic E-state index is 0.0534. The lowest BCUT2D eigenvalue weighted by Gasteiger charge is -2.31. The summed E-state index contributed by atoms with van der Waals surface area (Å²) in [5.41, 5.74) is 0.704. The van der Waals surface area contributed by atoms with Gasteiger partial charge in [0.2, 0.25) is 21.8 Å². The lowest BCUT2D eigenvalue weighted by Crippen LogP contribution is -2.46. The number of rotatable bonds is 6. The highest BCUT2D eigenvalue weighted by atomic mass is 32.2. The largest absolute Gasteiger partial charge is 0.392 e. The molecule has 2 N–H and O–H groups in total. The summed E-state index contributed by atoms with van der Waals surface area (Å²) in [6.07, 6.45) is 1.91. The number of benzene rings is 1. The number of aliphatic hydroxyl groups excluding tert-OH is 1. The van der Waals surface area contributed by atoms with Crippen molar-refractivity contribution in [2.24, 2.45) is 5.92 Å². The van der Waals surface area contributed by atoms with Crippen molar-refractivity contribution in [3.05, 3.63) is 24.3 Å². The van der Waals surface area contributed by atoms with E-state index in [-0.39, 0.29) is 29.8 Å². The zero-order valence-electron chi connectivity index (χ0n) is 16.0. The Bertz CT molecular complexity index is 822. The zero-order valence-corrected chi connectivity index (χ0v) is 16.8. The number of nitrogens with zero attached hydrogens (tertiary/aromatic N) is 2. The Morgan fingerprint density at radius 1 is 1.25 bits per heavy atom. The van der Waals surface area contributed by atoms with Crippen LogP contribution in [0, 0.1) is 5.92 Å². The number of nitrogens with one attached hydrogen (secondary N) is 1. The Morgan fingerprint density at radius 3 is 2.57 bits per heavy atom. The summed E-state index contributed by atoms with van der Waals surface area (Å²) < 4.78 is 27.3. The number of hydrogen-bond acceptors (Lipinski definition) is 5. The van der Waals surface area contributed by atoms with Gasteiger partial charge in [0.25, 0.3) is 0 Å². The molecule has 2 heterocycles. The van der Waals surface area contributed by atoms with Gasteiger partial charge in [-0.25, -0.2) is 8.42 Å². The lowest BCUT2D eigenvalue weighted by atomic mass is 9.99. The summed E-state index contributed by atoms with van der Waals surface area (Å²) >= 11 is 0. The SMILES string of the molecule is C[C@@H](O)CNC(=O)[C@H]1CCCN(S(=O)(=O)c2ccc(N3CCCC3=O)cc2)C1. The van der Waals surface area contributed by atoms with Crippen molar-refractivity contribution in [1.82, 2.24) is 9.62 Å². The van der Waals surface area contributed by atoms with E-state index in [4.69, 9.17) is 0 Å². The van der Waals surface area contributed by atoms with Crippen LogP contribution in [0.25, 0.3) is 0 Å². The molecule has 2 atom stereocenters. The van der Waals surface area contributed by atoms with Crippen LogP contribution in [-0.2, 0) is 19.6 Å². The fourth-order valence-electron chi connectivity index (χ4n) is 3.64. The van der Waals surface area contributed by atoms with Crippen molar-refractivity contribution in [3.8, 4) is 0 Å². The average Bonchev–Trinajstić information content (AvgIpc) is 3.12. The number of carbonyl (C=O) groups is 2. The molecule has 0 bridgehead atoms. The molecule has 9 heteroatoms. The fraction of sp³-hybridized carbons (Fsp3) is 0.579. The highest BCUT2D eigenvalue weighted by Crippen LogP contribution is 2.27. The van der Waals surface area contributed by atoms with E-state index in [9.17, 15) is 23.1 Å². The molecule has 2 aliphatic rings. The monoisotopic (exact) mass is 409 g/mol. The van der Waals surface area contributed by atoms with Gasteiger partial charge in [-0.1, -0.05) is 0 Å². The van der Waals surface area contributed by atoms with E-state index < -0.39 is 22.0 Å². The van der Waals surface area contributed by atoms with Gasteiger partial charge in [-0.05, 0) is 50.5 Å². The first-order valence-corrected chi connectivity index (χ1v) is 11.1. The average molecular weight is 410 g/mol. The molecule has 0 aromatic heterocycles. The maximum absolute atomic E-state index is 13.0. The van der Waals surface area contributed by atoms with Gasteiger partial charge in [0, 0.05) is 38.3 Å². The smallest absolute Gasteiger partial charge is 0.243 e. The topological polar surface area (TPSA) is 107 Å². The Kier molecular flexibility index (Phi) is 6.36. The van der Waals surface area contributed by atoms with Gasteiger partial charge in [0.05, 0.1) is 16.9 Å². The first-order valence-electron chi connectivity index (χ1n) is 9.65. The van der Waals surface area contributed by atoms with Gasteiger partial charge in [-0.2, -0.15) is 4.31 Å². The van der Waals surface area contributed by atoms with Gasteiger partial charge in [-0.15, -0.1) is 0 Å². The van der Waals surface area contributed by atoms with E-state index in [2.05, 4.69) is 5.32 Å². The van der Waals surface area contributed by atoms with Crippen LogP contribution < -0.4 is 10.2 Å². The molecule has 0 radical (unpaired) electrons. The molecular formula is C19H27N3O5S. The number of aliphatic hydroxyl groups is 1. The van der Waals surface area contributed by atoms with Crippen LogP contribution in [0.15, 0.2) is 29.2 Å². The van der Waals surface area contributed by atoms with Gasteiger partial charge >= 0.3 is 0 Å². The Hall–Kier alpha value is -1.97. The van der Waals surface area contributed by atoms with Crippen LogP contribution in [-0.4, -0.2) is 61.9 Å². The Labute approximate surface area is 165 Å².